The van der Waals surface area contributed by atoms with E-state index in [9.17, 15) is 8.78 Å². The van der Waals surface area contributed by atoms with Crippen molar-refractivity contribution in [2.45, 2.75) is 19.9 Å². The summed E-state index contributed by atoms with van der Waals surface area (Å²) in [7, 11) is 0. The highest BCUT2D eigenvalue weighted by molar-refractivity contribution is 6.33. The van der Waals surface area contributed by atoms with Crippen molar-refractivity contribution in [3.63, 3.8) is 0 Å². The molecule has 0 N–H and O–H groups in total. The molecule has 0 aliphatic rings. The molecule has 1 heterocycles. The molecule has 1 aromatic heterocycles. The summed E-state index contributed by atoms with van der Waals surface area (Å²) in [5.74, 6) is -1.33. The maximum absolute atomic E-state index is 13.6. The van der Waals surface area contributed by atoms with E-state index >= 15 is 0 Å². The van der Waals surface area contributed by atoms with Gasteiger partial charge in [-0.15, -0.1) is 0 Å². The molecular weight excluding hydrogens is 246 g/mol. The minimum atomic E-state index is -0.666. The van der Waals surface area contributed by atoms with Crippen LogP contribution >= 0.6 is 11.6 Å². The zero-order valence-electron chi connectivity index (χ0n) is 9.42. The minimum absolute atomic E-state index is 0.0797. The summed E-state index contributed by atoms with van der Waals surface area (Å²) in [5, 5.41) is 4.34. The van der Waals surface area contributed by atoms with Gasteiger partial charge < -0.3 is 0 Å². The summed E-state index contributed by atoms with van der Waals surface area (Å²) in [4.78, 5) is 0. The van der Waals surface area contributed by atoms with Crippen LogP contribution in [0.2, 0.25) is 5.02 Å². The topological polar surface area (TPSA) is 17.8 Å². The SMILES string of the molecule is CC(C)n1cc(Cl)c(-c2c(F)cccc2F)n1. The Morgan fingerprint density at radius 2 is 1.82 bits per heavy atom. The molecule has 0 saturated carbocycles. The fourth-order valence-electron chi connectivity index (χ4n) is 1.53. The Morgan fingerprint density at radius 1 is 1.24 bits per heavy atom. The van der Waals surface area contributed by atoms with Crippen LogP contribution in [0.4, 0.5) is 8.78 Å². The summed E-state index contributed by atoms with van der Waals surface area (Å²) >= 11 is 5.95. The van der Waals surface area contributed by atoms with Gasteiger partial charge in [0.25, 0.3) is 0 Å². The fraction of sp³-hybridized carbons (Fsp3) is 0.250. The normalized spacial score (nSPS) is 11.2. The monoisotopic (exact) mass is 256 g/mol. The zero-order chi connectivity index (χ0) is 12.6. The quantitative estimate of drug-likeness (QED) is 0.792. The molecule has 17 heavy (non-hydrogen) atoms. The van der Waals surface area contributed by atoms with Gasteiger partial charge in [0, 0.05) is 12.2 Å². The number of benzene rings is 1. The van der Waals surface area contributed by atoms with Gasteiger partial charge in [0.05, 0.1) is 10.6 Å². The first-order chi connectivity index (χ1) is 8.00. The molecule has 0 aliphatic carbocycles. The van der Waals surface area contributed by atoms with Crippen LogP contribution < -0.4 is 0 Å². The zero-order valence-corrected chi connectivity index (χ0v) is 10.2. The Kier molecular flexibility index (Phi) is 3.15. The maximum atomic E-state index is 13.6. The average molecular weight is 257 g/mol. The Morgan fingerprint density at radius 3 is 2.29 bits per heavy atom. The highest BCUT2D eigenvalue weighted by Crippen LogP contribution is 2.31. The van der Waals surface area contributed by atoms with E-state index in [4.69, 9.17) is 11.6 Å². The number of aromatic nitrogens is 2. The van der Waals surface area contributed by atoms with E-state index in [-0.39, 0.29) is 22.3 Å². The van der Waals surface area contributed by atoms with Gasteiger partial charge in [0.1, 0.15) is 17.3 Å². The van der Waals surface area contributed by atoms with Gasteiger partial charge in [0.15, 0.2) is 0 Å². The summed E-state index contributed by atoms with van der Waals surface area (Å²) in [5.41, 5.74) is -0.0483. The van der Waals surface area contributed by atoms with E-state index in [2.05, 4.69) is 5.10 Å². The second-order valence-corrected chi connectivity index (χ2v) is 4.40. The van der Waals surface area contributed by atoms with Crippen molar-refractivity contribution in [3.05, 3.63) is 41.1 Å². The molecule has 0 radical (unpaired) electrons. The van der Waals surface area contributed by atoms with Gasteiger partial charge in [-0.05, 0) is 26.0 Å². The molecule has 0 atom stereocenters. The predicted molar refractivity (Wildman–Crippen MR) is 63.0 cm³/mol. The molecule has 2 rings (SSSR count). The van der Waals surface area contributed by atoms with Crippen molar-refractivity contribution in [2.24, 2.45) is 0 Å². The highest BCUT2D eigenvalue weighted by atomic mass is 35.5. The van der Waals surface area contributed by atoms with Crippen molar-refractivity contribution in [2.75, 3.05) is 0 Å². The van der Waals surface area contributed by atoms with Crippen LogP contribution in [-0.2, 0) is 0 Å². The van der Waals surface area contributed by atoms with Crippen LogP contribution in [0.3, 0.4) is 0 Å². The van der Waals surface area contributed by atoms with Crippen LogP contribution in [0.25, 0.3) is 11.3 Å². The molecule has 2 nitrogen and oxygen atoms in total. The third-order valence-corrected chi connectivity index (χ3v) is 2.69. The highest BCUT2D eigenvalue weighted by Gasteiger charge is 2.18. The summed E-state index contributed by atoms with van der Waals surface area (Å²) < 4.78 is 28.7. The lowest BCUT2D eigenvalue weighted by Crippen LogP contribution is -2.01. The summed E-state index contributed by atoms with van der Waals surface area (Å²) in [6.45, 7) is 3.82. The second kappa shape index (κ2) is 4.45. The molecule has 90 valence electrons. The number of nitrogens with zero attached hydrogens (tertiary/aromatic N) is 2. The van der Waals surface area contributed by atoms with Crippen LogP contribution in [0, 0.1) is 11.6 Å². The van der Waals surface area contributed by atoms with Crippen LogP contribution in [0.5, 0.6) is 0 Å². The van der Waals surface area contributed by atoms with E-state index in [1.165, 1.54) is 18.2 Å². The molecule has 1 aromatic carbocycles. The molecule has 0 bridgehead atoms. The Bertz CT molecular complexity index is 529. The van der Waals surface area contributed by atoms with Gasteiger partial charge in [0.2, 0.25) is 0 Å². The van der Waals surface area contributed by atoms with E-state index < -0.39 is 11.6 Å². The standard InChI is InChI=1S/C12H11ClF2N2/c1-7(2)17-6-8(13)12(16-17)11-9(14)4-3-5-10(11)15/h3-7H,1-2H3. The average Bonchev–Trinajstić information content (AvgIpc) is 2.61. The van der Waals surface area contributed by atoms with Gasteiger partial charge in [-0.1, -0.05) is 17.7 Å². The summed E-state index contributed by atoms with van der Waals surface area (Å²) in [6.07, 6.45) is 1.56. The number of halogens is 3. The Balaban J connectivity index is 2.61. The predicted octanol–water partition coefficient (Wildman–Crippen LogP) is 4.06. The van der Waals surface area contributed by atoms with Crippen molar-refractivity contribution in [3.8, 4) is 11.3 Å². The molecule has 5 heteroatoms. The minimum Gasteiger partial charge on any atom is -0.268 e. The number of hydrogen-bond acceptors (Lipinski definition) is 1. The smallest absolute Gasteiger partial charge is 0.135 e. The molecule has 0 saturated heterocycles. The third-order valence-electron chi connectivity index (χ3n) is 2.42. The molecule has 0 amide bonds. The lowest BCUT2D eigenvalue weighted by Gasteiger charge is -2.04. The first-order valence-corrected chi connectivity index (χ1v) is 5.57. The first-order valence-electron chi connectivity index (χ1n) is 5.19. The lowest BCUT2D eigenvalue weighted by molar-refractivity contribution is 0.531. The van der Waals surface area contributed by atoms with Crippen molar-refractivity contribution < 1.29 is 8.78 Å². The second-order valence-electron chi connectivity index (χ2n) is 4.00. The van der Waals surface area contributed by atoms with Gasteiger partial charge in [-0.2, -0.15) is 5.10 Å². The summed E-state index contributed by atoms with van der Waals surface area (Å²) in [6, 6.07) is 3.75. The largest absolute Gasteiger partial charge is 0.268 e. The molecular formula is C12H11ClF2N2. The van der Waals surface area contributed by atoms with Gasteiger partial charge in [-0.3, -0.25) is 4.68 Å². The maximum Gasteiger partial charge on any atom is 0.135 e. The molecule has 2 aromatic rings. The number of hydrogen-bond donors (Lipinski definition) is 0. The molecule has 0 aliphatic heterocycles. The van der Waals surface area contributed by atoms with E-state index in [1.54, 1.807) is 10.9 Å². The number of rotatable bonds is 2. The lowest BCUT2D eigenvalue weighted by atomic mass is 10.1. The van der Waals surface area contributed by atoms with Crippen molar-refractivity contribution in [1.82, 2.24) is 9.78 Å². The van der Waals surface area contributed by atoms with Crippen LogP contribution in [0.1, 0.15) is 19.9 Å². The first kappa shape index (κ1) is 12.0. The van der Waals surface area contributed by atoms with Gasteiger partial charge in [-0.25, -0.2) is 8.78 Å². The Hall–Kier alpha value is -1.42. The van der Waals surface area contributed by atoms with E-state index in [1.807, 2.05) is 13.8 Å². The van der Waals surface area contributed by atoms with Crippen LogP contribution in [-0.4, -0.2) is 9.78 Å². The van der Waals surface area contributed by atoms with E-state index in [0.29, 0.717) is 0 Å². The van der Waals surface area contributed by atoms with E-state index in [0.717, 1.165) is 0 Å². The molecule has 0 unspecified atom stereocenters. The molecule has 0 fully saturated rings. The fourth-order valence-corrected chi connectivity index (χ4v) is 1.76. The van der Waals surface area contributed by atoms with Crippen LogP contribution in [0.15, 0.2) is 24.4 Å². The molecule has 0 spiro atoms. The Labute approximate surface area is 103 Å². The van der Waals surface area contributed by atoms with Crippen molar-refractivity contribution in [1.29, 1.82) is 0 Å². The van der Waals surface area contributed by atoms with Crippen molar-refractivity contribution >= 4 is 11.6 Å². The third kappa shape index (κ3) is 2.17. The van der Waals surface area contributed by atoms with Gasteiger partial charge >= 0.3 is 0 Å².